The molecule has 2 rings (SSSR count). The Morgan fingerprint density at radius 1 is 1.28 bits per heavy atom. The van der Waals surface area contributed by atoms with Crippen molar-refractivity contribution in [2.75, 3.05) is 32.7 Å². The first kappa shape index (κ1) is 25.2. The predicted octanol–water partition coefficient (Wildman–Crippen LogP) is 1.76. The number of likely N-dealkylation sites (tertiary alicyclic amines) is 1. The van der Waals surface area contributed by atoms with E-state index in [1.54, 1.807) is 13.8 Å². The van der Waals surface area contributed by atoms with Gasteiger partial charge in [0.2, 0.25) is 11.8 Å². The quantitative estimate of drug-likeness (QED) is 0.265. The zero-order valence-electron chi connectivity index (χ0n) is 17.6. The van der Waals surface area contributed by atoms with Gasteiger partial charge in [-0.05, 0) is 32.8 Å². The minimum atomic E-state index is -0.695. The Morgan fingerprint density at radius 3 is 2.59 bits per heavy atom. The second-order valence-electron chi connectivity index (χ2n) is 7.97. The normalized spacial score (nSPS) is 17.1. The summed E-state index contributed by atoms with van der Waals surface area (Å²) in [4.78, 5) is 30.2. The average molecular weight is 515 g/mol. The molecule has 1 fully saturated rings. The van der Waals surface area contributed by atoms with Crippen molar-refractivity contribution in [2.24, 2.45) is 22.1 Å². The first-order chi connectivity index (χ1) is 13.3. The first-order valence-electron chi connectivity index (χ1n) is 9.95. The lowest BCUT2D eigenvalue weighted by atomic mass is 9.93. The molecule has 1 atom stereocenters. The Kier molecular flexibility index (Phi) is 10.4. The van der Waals surface area contributed by atoms with Crippen LogP contribution >= 0.6 is 24.0 Å². The highest BCUT2D eigenvalue weighted by molar-refractivity contribution is 14.0. The van der Waals surface area contributed by atoms with Crippen molar-refractivity contribution < 1.29 is 9.59 Å². The van der Waals surface area contributed by atoms with Crippen LogP contribution in [0.5, 0.6) is 0 Å². The van der Waals surface area contributed by atoms with E-state index in [4.69, 9.17) is 5.73 Å². The predicted molar refractivity (Wildman–Crippen MR) is 127 cm³/mol. The SMILES string of the molecule is CCNC(=NCC(C)(C)C(N)=O)NCC1CC(=O)N(CCc2ccccc2)C1.I. The van der Waals surface area contributed by atoms with E-state index in [1.165, 1.54) is 5.56 Å². The minimum absolute atomic E-state index is 0. The Hall–Kier alpha value is -1.84. The lowest BCUT2D eigenvalue weighted by Gasteiger charge is -2.20. The smallest absolute Gasteiger partial charge is 0.224 e. The number of benzene rings is 1. The van der Waals surface area contributed by atoms with E-state index in [-0.39, 0.29) is 41.7 Å². The minimum Gasteiger partial charge on any atom is -0.369 e. The van der Waals surface area contributed by atoms with Crippen LogP contribution in [-0.2, 0) is 16.0 Å². The summed E-state index contributed by atoms with van der Waals surface area (Å²) in [6, 6.07) is 10.2. The van der Waals surface area contributed by atoms with Gasteiger partial charge in [0.1, 0.15) is 0 Å². The van der Waals surface area contributed by atoms with Gasteiger partial charge in [0.25, 0.3) is 0 Å². The Labute approximate surface area is 190 Å². The number of hydrogen-bond donors (Lipinski definition) is 3. The maximum Gasteiger partial charge on any atom is 0.224 e. The van der Waals surface area contributed by atoms with Crippen molar-refractivity contribution in [1.82, 2.24) is 15.5 Å². The zero-order chi connectivity index (χ0) is 20.6. The topological polar surface area (TPSA) is 99.8 Å². The molecule has 1 unspecified atom stereocenters. The molecule has 0 bridgehead atoms. The number of halogens is 1. The van der Waals surface area contributed by atoms with Gasteiger partial charge in [-0.2, -0.15) is 0 Å². The van der Waals surface area contributed by atoms with E-state index < -0.39 is 5.41 Å². The highest BCUT2D eigenvalue weighted by atomic mass is 127. The summed E-state index contributed by atoms with van der Waals surface area (Å²) < 4.78 is 0. The van der Waals surface area contributed by atoms with E-state index in [1.807, 2.05) is 30.0 Å². The molecule has 0 aromatic heterocycles. The molecule has 4 N–H and O–H groups in total. The molecule has 0 aliphatic carbocycles. The monoisotopic (exact) mass is 515 g/mol. The highest BCUT2D eigenvalue weighted by Gasteiger charge is 2.29. The number of hydrogen-bond acceptors (Lipinski definition) is 3. The lowest BCUT2D eigenvalue weighted by molar-refractivity contribution is -0.127. The summed E-state index contributed by atoms with van der Waals surface area (Å²) in [5.41, 5.74) is 5.96. The Morgan fingerprint density at radius 2 is 1.97 bits per heavy atom. The highest BCUT2D eigenvalue weighted by Crippen LogP contribution is 2.18. The van der Waals surface area contributed by atoms with Gasteiger partial charge in [-0.1, -0.05) is 30.3 Å². The van der Waals surface area contributed by atoms with Crippen LogP contribution in [0.15, 0.2) is 35.3 Å². The first-order valence-corrected chi connectivity index (χ1v) is 9.95. The van der Waals surface area contributed by atoms with Crippen LogP contribution < -0.4 is 16.4 Å². The van der Waals surface area contributed by atoms with Crippen molar-refractivity contribution in [3.8, 4) is 0 Å². The number of nitrogens with two attached hydrogens (primary N) is 1. The van der Waals surface area contributed by atoms with E-state index in [2.05, 4.69) is 27.8 Å². The fourth-order valence-electron chi connectivity index (χ4n) is 3.05. The van der Waals surface area contributed by atoms with Gasteiger partial charge >= 0.3 is 0 Å². The molecule has 1 aromatic carbocycles. The van der Waals surface area contributed by atoms with Gasteiger partial charge in [0.05, 0.1) is 12.0 Å². The van der Waals surface area contributed by atoms with E-state index in [9.17, 15) is 9.59 Å². The summed E-state index contributed by atoms with van der Waals surface area (Å²) in [6.45, 7) is 8.74. The molecule has 29 heavy (non-hydrogen) atoms. The maximum atomic E-state index is 12.3. The van der Waals surface area contributed by atoms with Crippen molar-refractivity contribution in [3.05, 3.63) is 35.9 Å². The second-order valence-corrected chi connectivity index (χ2v) is 7.97. The lowest BCUT2D eigenvalue weighted by Crippen LogP contribution is -2.42. The number of nitrogens with one attached hydrogen (secondary N) is 2. The average Bonchev–Trinajstić information content (AvgIpc) is 3.02. The molecule has 1 aliphatic heterocycles. The van der Waals surface area contributed by atoms with Gasteiger partial charge in [-0.25, -0.2) is 0 Å². The zero-order valence-corrected chi connectivity index (χ0v) is 19.9. The number of rotatable bonds is 9. The standard InChI is InChI=1S/C21H33N5O2.HI/c1-4-23-20(25-15-21(2,3)19(22)28)24-13-17-12-18(27)26(14-17)11-10-16-8-6-5-7-9-16;/h5-9,17H,4,10-15H2,1-3H3,(H2,22,28)(H2,23,24,25);1H. The van der Waals surface area contributed by atoms with Crippen LogP contribution in [0.1, 0.15) is 32.8 Å². The third-order valence-electron chi connectivity index (χ3n) is 5.01. The number of amides is 2. The Bertz CT molecular complexity index is 694. The molecule has 1 aromatic rings. The molecule has 162 valence electrons. The third-order valence-corrected chi connectivity index (χ3v) is 5.01. The van der Waals surface area contributed by atoms with E-state index in [0.717, 1.165) is 26.1 Å². The molecule has 0 radical (unpaired) electrons. The third kappa shape index (κ3) is 8.20. The number of carbonyl (C=O) groups is 2. The largest absolute Gasteiger partial charge is 0.369 e. The van der Waals surface area contributed by atoms with Crippen molar-refractivity contribution in [3.63, 3.8) is 0 Å². The van der Waals surface area contributed by atoms with Crippen molar-refractivity contribution in [2.45, 2.75) is 33.6 Å². The number of primary amides is 1. The number of nitrogens with zero attached hydrogens (tertiary/aromatic N) is 2. The molecule has 1 heterocycles. The van der Waals surface area contributed by atoms with Crippen molar-refractivity contribution >= 4 is 41.8 Å². The summed E-state index contributed by atoms with van der Waals surface area (Å²) >= 11 is 0. The molecule has 1 aliphatic rings. The van der Waals surface area contributed by atoms with Gasteiger partial charge in [0.15, 0.2) is 5.96 Å². The molecular formula is C21H34IN5O2. The number of carbonyl (C=O) groups excluding carboxylic acids is 2. The van der Waals surface area contributed by atoms with Crippen LogP contribution in [0.2, 0.25) is 0 Å². The molecule has 1 saturated heterocycles. The van der Waals surface area contributed by atoms with Gasteiger partial charge in [-0.3, -0.25) is 14.6 Å². The van der Waals surface area contributed by atoms with Gasteiger partial charge in [-0.15, -0.1) is 24.0 Å². The van der Waals surface area contributed by atoms with Gasteiger partial charge < -0.3 is 21.3 Å². The Balaban J connectivity index is 0.00000420. The molecule has 8 heteroatoms. The summed E-state index contributed by atoms with van der Waals surface area (Å²) in [6.07, 6.45) is 1.42. The van der Waals surface area contributed by atoms with Crippen LogP contribution in [0, 0.1) is 11.3 Å². The van der Waals surface area contributed by atoms with Crippen LogP contribution in [0.3, 0.4) is 0 Å². The summed E-state index contributed by atoms with van der Waals surface area (Å²) in [5, 5.41) is 6.47. The molecule has 7 nitrogen and oxygen atoms in total. The molecule has 2 amide bonds. The number of guanidine groups is 1. The van der Waals surface area contributed by atoms with Crippen LogP contribution in [0.4, 0.5) is 0 Å². The number of aliphatic imine (C=N–C) groups is 1. The van der Waals surface area contributed by atoms with E-state index in [0.29, 0.717) is 25.5 Å². The van der Waals surface area contributed by atoms with Gasteiger partial charge in [0, 0.05) is 38.5 Å². The van der Waals surface area contributed by atoms with E-state index >= 15 is 0 Å². The fourth-order valence-corrected chi connectivity index (χ4v) is 3.05. The summed E-state index contributed by atoms with van der Waals surface area (Å²) in [7, 11) is 0. The molecular weight excluding hydrogens is 481 g/mol. The second kappa shape index (κ2) is 12.0. The van der Waals surface area contributed by atoms with Crippen LogP contribution in [0.25, 0.3) is 0 Å². The maximum absolute atomic E-state index is 12.3. The van der Waals surface area contributed by atoms with Crippen LogP contribution in [-0.4, -0.2) is 55.4 Å². The fraction of sp³-hybridized carbons (Fsp3) is 0.571. The molecule has 0 saturated carbocycles. The summed E-state index contributed by atoms with van der Waals surface area (Å²) in [5.74, 6) is 0.727. The molecule has 0 spiro atoms. The van der Waals surface area contributed by atoms with Crippen molar-refractivity contribution in [1.29, 1.82) is 0 Å².